The molecule has 0 aliphatic heterocycles. The number of rotatable bonds is 7. The summed E-state index contributed by atoms with van der Waals surface area (Å²) in [7, 11) is 0. The zero-order valence-electron chi connectivity index (χ0n) is 13.4. The van der Waals surface area contributed by atoms with Gasteiger partial charge in [-0.3, -0.25) is 0 Å². The quantitative estimate of drug-likeness (QED) is 0.843. The molecule has 4 heteroatoms. The lowest BCUT2D eigenvalue weighted by molar-refractivity contribution is 0.376. The SMILES string of the molecule is CCCNC(CC)c1nnc(Cc2cc(C)ccc2C)o1. The molecule has 1 aromatic heterocycles. The first-order chi connectivity index (χ1) is 10.1. The Bertz CT molecular complexity index is 577. The van der Waals surface area contributed by atoms with Crippen LogP contribution in [0.2, 0.25) is 0 Å². The molecule has 0 fully saturated rings. The van der Waals surface area contributed by atoms with Crippen molar-refractivity contribution in [1.82, 2.24) is 15.5 Å². The van der Waals surface area contributed by atoms with Gasteiger partial charge < -0.3 is 9.73 Å². The molecular weight excluding hydrogens is 262 g/mol. The van der Waals surface area contributed by atoms with Crippen LogP contribution in [-0.2, 0) is 6.42 Å². The molecule has 2 rings (SSSR count). The van der Waals surface area contributed by atoms with Crippen molar-refractivity contribution in [3.05, 3.63) is 46.7 Å². The van der Waals surface area contributed by atoms with Crippen molar-refractivity contribution >= 4 is 0 Å². The normalized spacial score (nSPS) is 12.6. The first kappa shape index (κ1) is 15.7. The third kappa shape index (κ3) is 4.14. The first-order valence-corrected chi connectivity index (χ1v) is 7.75. The molecule has 4 nitrogen and oxygen atoms in total. The van der Waals surface area contributed by atoms with E-state index in [2.05, 4.69) is 61.4 Å². The van der Waals surface area contributed by atoms with Gasteiger partial charge in [-0.1, -0.05) is 37.6 Å². The molecule has 0 saturated heterocycles. The minimum absolute atomic E-state index is 0.157. The van der Waals surface area contributed by atoms with Gasteiger partial charge in [-0.2, -0.15) is 0 Å². The first-order valence-electron chi connectivity index (χ1n) is 7.75. The maximum absolute atomic E-state index is 5.85. The molecule has 0 spiro atoms. The van der Waals surface area contributed by atoms with Gasteiger partial charge in [0.25, 0.3) is 0 Å². The molecule has 0 bridgehead atoms. The summed E-state index contributed by atoms with van der Waals surface area (Å²) in [6, 6.07) is 6.61. The third-order valence-electron chi connectivity index (χ3n) is 3.68. The van der Waals surface area contributed by atoms with Crippen LogP contribution in [-0.4, -0.2) is 16.7 Å². The molecule has 0 aliphatic rings. The van der Waals surface area contributed by atoms with E-state index >= 15 is 0 Å². The van der Waals surface area contributed by atoms with E-state index in [1.807, 2.05) is 0 Å². The van der Waals surface area contributed by atoms with Crippen LogP contribution in [0.3, 0.4) is 0 Å². The Morgan fingerprint density at radius 1 is 1.19 bits per heavy atom. The number of aryl methyl sites for hydroxylation is 2. The molecule has 1 heterocycles. The summed E-state index contributed by atoms with van der Waals surface area (Å²) in [5.41, 5.74) is 3.77. The summed E-state index contributed by atoms with van der Waals surface area (Å²) in [6.07, 6.45) is 2.75. The van der Waals surface area contributed by atoms with E-state index in [1.165, 1.54) is 16.7 Å². The Balaban J connectivity index is 2.10. The molecule has 1 unspecified atom stereocenters. The monoisotopic (exact) mass is 287 g/mol. The fourth-order valence-electron chi connectivity index (χ4n) is 2.36. The number of hydrogen-bond acceptors (Lipinski definition) is 4. The zero-order chi connectivity index (χ0) is 15.2. The lowest BCUT2D eigenvalue weighted by Crippen LogP contribution is -2.21. The van der Waals surface area contributed by atoms with E-state index in [0.29, 0.717) is 18.2 Å². The molecule has 2 aromatic rings. The minimum atomic E-state index is 0.157. The predicted octanol–water partition coefficient (Wildman–Crippen LogP) is 3.73. The number of benzene rings is 1. The lowest BCUT2D eigenvalue weighted by Gasteiger charge is -2.11. The summed E-state index contributed by atoms with van der Waals surface area (Å²) in [5.74, 6) is 1.39. The van der Waals surface area contributed by atoms with Crippen LogP contribution in [0.1, 0.15) is 61.2 Å². The molecule has 0 amide bonds. The van der Waals surface area contributed by atoms with Crippen LogP contribution in [0.25, 0.3) is 0 Å². The molecule has 1 aromatic carbocycles. The summed E-state index contributed by atoms with van der Waals surface area (Å²) in [4.78, 5) is 0. The van der Waals surface area contributed by atoms with Crippen molar-refractivity contribution in [3.63, 3.8) is 0 Å². The lowest BCUT2D eigenvalue weighted by atomic mass is 10.0. The minimum Gasteiger partial charge on any atom is -0.423 e. The van der Waals surface area contributed by atoms with Gasteiger partial charge in [-0.05, 0) is 44.4 Å². The fraction of sp³-hybridized carbons (Fsp3) is 0.529. The average Bonchev–Trinajstić information content (AvgIpc) is 2.92. The fourth-order valence-corrected chi connectivity index (χ4v) is 2.36. The molecule has 1 atom stereocenters. The highest BCUT2D eigenvalue weighted by Gasteiger charge is 2.16. The highest BCUT2D eigenvalue weighted by molar-refractivity contribution is 5.32. The second kappa shape index (κ2) is 7.36. The van der Waals surface area contributed by atoms with E-state index in [-0.39, 0.29) is 6.04 Å². The number of aromatic nitrogens is 2. The Morgan fingerprint density at radius 3 is 2.71 bits per heavy atom. The second-order valence-corrected chi connectivity index (χ2v) is 5.56. The van der Waals surface area contributed by atoms with Crippen molar-refractivity contribution in [2.75, 3.05) is 6.54 Å². The van der Waals surface area contributed by atoms with Crippen LogP contribution >= 0.6 is 0 Å². The van der Waals surface area contributed by atoms with E-state index in [9.17, 15) is 0 Å². The van der Waals surface area contributed by atoms with Gasteiger partial charge in [0.05, 0.1) is 12.5 Å². The van der Waals surface area contributed by atoms with Crippen LogP contribution in [0.5, 0.6) is 0 Å². The summed E-state index contributed by atoms with van der Waals surface area (Å²) >= 11 is 0. The summed E-state index contributed by atoms with van der Waals surface area (Å²) in [5, 5.41) is 11.8. The van der Waals surface area contributed by atoms with E-state index in [1.54, 1.807) is 0 Å². The van der Waals surface area contributed by atoms with Crippen molar-refractivity contribution in [2.45, 2.75) is 53.0 Å². The second-order valence-electron chi connectivity index (χ2n) is 5.56. The molecule has 114 valence electrons. The average molecular weight is 287 g/mol. The van der Waals surface area contributed by atoms with Gasteiger partial charge in [0.1, 0.15) is 0 Å². The van der Waals surface area contributed by atoms with Crippen LogP contribution < -0.4 is 5.32 Å². The molecule has 1 N–H and O–H groups in total. The van der Waals surface area contributed by atoms with E-state index in [0.717, 1.165) is 19.4 Å². The van der Waals surface area contributed by atoms with Gasteiger partial charge in [0.2, 0.25) is 11.8 Å². The topological polar surface area (TPSA) is 51.0 Å². The third-order valence-corrected chi connectivity index (χ3v) is 3.68. The van der Waals surface area contributed by atoms with Crippen molar-refractivity contribution in [1.29, 1.82) is 0 Å². The van der Waals surface area contributed by atoms with Crippen molar-refractivity contribution < 1.29 is 4.42 Å². The number of nitrogens with zero attached hydrogens (tertiary/aromatic N) is 2. The molecular formula is C17H25N3O. The predicted molar refractivity (Wildman–Crippen MR) is 84.3 cm³/mol. The Hall–Kier alpha value is -1.68. The van der Waals surface area contributed by atoms with Gasteiger partial charge >= 0.3 is 0 Å². The highest BCUT2D eigenvalue weighted by Crippen LogP contribution is 2.19. The Morgan fingerprint density at radius 2 is 2.00 bits per heavy atom. The van der Waals surface area contributed by atoms with E-state index in [4.69, 9.17) is 4.42 Å². The van der Waals surface area contributed by atoms with Gasteiger partial charge in [-0.25, -0.2) is 0 Å². The van der Waals surface area contributed by atoms with Crippen LogP contribution in [0.4, 0.5) is 0 Å². The molecule has 0 radical (unpaired) electrons. The summed E-state index contributed by atoms with van der Waals surface area (Å²) in [6.45, 7) is 9.46. The van der Waals surface area contributed by atoms with Gasteiger partial charge in [0.15, 0.2) is 0 Å². The van der Waals surface area contributed by atoms with Gasteiger partial charge in [0, 0.05) is 0 Å². The number of hydrogen-bond donors (Lipinski definition) is 1. The largest absolute Gasteiger partial charge is 0.423 e. The van der Waals surface area contributed by atoms with Crippen molar-refractivity contribution in [3.8, 4) is 0 Å². The zero-order valence-corrected chi connectivity index (χ0v) is 13.4. The molecule has 0 saturated carbocycles. The molecule has 0 aliphatic carbocycles. The van der Waals surface area contributed by atoms with Crippen molar-refractivity contribution in [2.24, 2.45) is 0 Å². The van der Waals surface area contributed by atoms with E-state index < -0.39 is 0 Å². The Labute approximate surface area is 127 Å². The van der Waals surface area contributed by atoms with Crippen LogP contribution in [0.15, 0.2) is 22.6 Å². The standard InChI is InChI=1S/C17H25N3O/c1-5-9-18-15(6-2)17-20-19-16(21-17)11-14-10-12(3)7-8-13(14)4/h7-8,10,15,18H,5-6,9,11H2,1-4H3. The maximum atomic E-state index is 5.85. The molecule has 21 heavy (non-hydrogen) atoms. The van der Waals surface area contributed by atoms with Gasteiger partial charge in [-0.15, -0.1) is 10.2 Å². The maximum Gasteiger partial charge on any atom is 0.233 e. The Kier molecular flexibility index (Phi) is 5.51. The van der Waals surface area contributed by atoms with Crippen LogP contribution in [0, 0.1) is 13.8 Å². The number of nitrogens with one attached hydrogen (secondary N) is 1. The summed E-state index contributed by atoms with van der Waals surface area (Å²) < 4.78 is 5.85. The highest BCUT2D eigenvalue weighted by atomic mass is 16.4. The smallest absolute Gasteiger partial charge is 0.233 e.